The lowest BCUT2D eigenvalue weighted by atomic mass is 10.1. The van der Waals surface area contributed by atoms with E-state index in [9.17, 15) is 4.79 Å². The van der Waals surface area contributed by atoms with Gasteiger partial charge in [-0.15, -0.1) is 10.2 Å². The first-order valence-corrected chi connectivity index (χ1v) is 10.8. The zero-order chi connectivity index (χ0) is 21.8. The van der Waals surface area contributed by atoms with E-state index in [2.05, 4.69) is 50.6 Å². The van der Waals surface area contributed by atoms with Crippen LogP contribution in [0, 0.1) is 20.8 Å². The SMILES string of the molecule is Cc1ccc(C)c(-n2c(C)nnc2SCC(=O)Nc2cnc(-c3ccccc3)nc2)c1. The highest BCUT2D eigenvalue weighted by Crippen LogP contribution is 2.25. The summed E-state index contributed by atoms with van der Waals surface area (Å²) in [6, 6.07) is 15.9. The molecule has 2 heterocycles. The molecule has 0 bridgehead atoms. The van der Waals surface area contributed by atoms with Crippen LogP contribution in [0.2, 0.25) is 0 Å². The fraction of sp³-hybridized carbons (Fsp3) is 0.174. The van der Waals surface area contributed by atoms with Crippen molar-refractivity contribution in [3.63, 3.8) is 0 Å². The molecule has 1 amide bonds. The van der Waals surface area contributed by atoms with Gasteiger partial charge >= 0.3 is 0 Å². The molecule has 0 unspecified atom stereocenters. The van der Waals surface area contributed by atoms with E-state index in [4.69, 9.17) is 0 Å². The van der Waals surface area contributed by atoms with Gasteiger partial charge in [-0.3, -0.25) is 9.36 Å². The van der Waals surface area contributed by atoms with Crippen LogP contribution in [0.4, 0.5) is 5.69 Å². The molecule has 0 aliphatic heterocycles. The van der Waals surface area contributed by atoms with Crippen LogP contribution in [0.1, 0.15) is 17.0 Å². The molecule has 0 spiro atoms. The third-order valence-corrected chi connectivity index (χ3v) is 5.63. The Hall–Kier alpha value is -3.52. The van der Waals surface area contributed by atoms with E-state index in [0.717, 1.165) is 28.2 Å². The number of carbonyl (C=O) groups excluding carboxylic acids is 1. The van der Waals surface area contributed by atoms with Crippen LogP contribution in [-0.4, -0.2) is 36.4 Å². The molecule has 4 rings (SSSR count). The largest absolute Gasteiger partial charge is 0.323 e. The number of thioether (sulfide) groups is 1. The molecule has 0 atom stereocenters. The van der Waals surface area contributed by atoms with E-state index in [0.29, 0.717) is 16.7 Å². The van der Waals surface area contributed by atoms with Gasteiger partial charge in [-0.25, -0.2) is 9.97 Å². The number of nitrogens with zero attached hydrogens (tertiary/aromatic N) is 5. The molecule has 0 aliphatic rings. The second-order valence-corrected chi connectivity index (χ2v) is 8.10. The summed E-state index contributed by atoms with van der Waals surface area (Å²) in [7, 11) is 0. The Kier molecular flexibility index (Phi) is 6.08. The summed E-state index contributed by atoms with van der Waals surface area (Å²) in [5.74, 6) is 1.43. The Morgan fingerprint density at radius 2 is 1.74 bits per heavy atom. The lowest BCUT2D eigenvalue weighted by molar-refractivity contribution is -0.113. The fourth-order valence-electron chi connectivity index (χ4n) is 3.13. The highest BCUT2D eigenvalue weighted by molar-refractivity contribution is 7.99. The minimum Gasteiger partial charge on any atom is -0.323 e. The molecule has 8 heteroatoms. The van der Waals surface area contributed by atoms with Crippen molar-refractivity contribution < 1.29 is 4.79 Å². The molecule has 0 aliphatic carbocycles. The van der Waals surface area contributed by atoms with Crippen molar-refractivity contribution in [1.82, 2.24) is 24.7 Å². The molecule has 156 valence electrons. The van der Waals surface area contributed by atoms with Crippen LogP contribution >= 0.6 is 11.8 Å². The van der Waals surface area contributed by atoms with Crippen LogP contribution in [0.3, 0.4) is 0 Å². The number of anilines is 1. The fourth-order valence-corrected chi connectivity index (χ4v) is 3.92. The third kappa shape index (κ3) is 4.80. The molecule has 2 aromatic carbocycles. The Morgan fingerprint density at radius 1 is 1.00 bits per heavy atom. The zero-order valence-electron chi connectivity index (χ0n) is 17.5. The van der Waals surface area contributed by atoms with Crippen molar-refractivity contribution in [3.05, 3.63) is 77.9 Å². The average molecular weight is 431 g/mol. The minimum atomic E-state index is -0.158. The topological polar surface area (TPSA) is 85.6 Å². The Balaban J connectivity index is 1.42. The van der Waals surface area contributed by atoms with E-state index in [1.807, 2.05) is 48.7 Å². The summed E-state index contributed by atoms with van der Waals surface area (Å²) in [5.41, 5.74) is 4.78. The van der Waals surface area contributed by atoms with E-state index in [-0.39, 0.29) is 11.7 Å². The van der Waals surface area contributed by atoms with Gasteiger partial charge in [-0.05, 0) is 38.0 Å². The molecular weight excluding hydrogens is 408 g/mol. The maximum Gasteiger partial charge on any atom is 0.234 e. The number of benzene rings is 2. The second-order valence-electron chi connectivity index (χ2n) is 7.15. The third-order valence-electron chi connectivity index (χ3n) is 4.70. The van der Waals surface area contributed by atoms with Crippen molar-refractivity contribution in [3.8, 4) is 17.1 Å². The second kappa shape index (κ2) is 9.09. The maximum absolute atomic E-state index is 12.5. The Bertz CT molecular complexity index is 1200. The van der Waals surface area contributed by atoms with Gasteiger partial charge in [-0.2, -0.15) is 0 Å². The number of aromatic nitrogens is 5. The monoisotopic (exact) mass is 430 g/mol. The van der Waals surface area contributed by atoms with E-state index in [1.165, 1.54) is 11.8 Å². The highest BCUT2D eigenvalue weighted by Gasteiger charge is 2.15. The summed E-state index contributed by atoms with van der Waals surface area (Å²) >= 11 is 1.34. The van der Waals surface area contributed by atoms with Crippen LogP contribution in [0.5, 0.6) is 0 Å². The van der Waals surface area contributed by atoms with E-state index < -0.39 is 0 Å². The number of rotatable bonds is 6. The maximum atomic E-state index is 12.5. The smallest absolute Gasteiger partial charge is 0.234 e. The molecule has 0 saturated carbocycles. The van der Waals surface area contributed by atoms with Crippen molar-refractivity contribution in [1.29, 1.82) is 0 Å². The molecule has 2 aromatic heterocycles. The zero-order valence-corrected chi connectivity index (χ0v) is 18.3. The lowest BCUT2D eigenvalue weighted by Gasteiger charge is -2.12. The minimum absolute atomic E-state index is 0.158. The quantitative estimate of drug-likeness (QED) is 0.457. The molecule has 4 aromatic rings. The molecule has 7 nitrogen and oxygen atoms in total. The van der Waals surface area contributed by atoms with Gasteiger partial charge in [0, 0.05) is 5.56 Å². The molecule has 0 saturated heterocycles. The number of hydrogen-bond acceptors (Lipinski definition) is 6. The summed E-state index contributed by atoms with van der Waals surface area (Å²) < 4.78 is 1.98. The lowest BCUT2D eigenvalue weighted by Crippen LogP contribution is -2.15. The molecule has 31 heavy (non-hydrogen) atoms. The Morgan fingerprint density at radius 3 is 2.48 bits per heavy atom. The van der Waals surface area contributed by atoms with Crippen molar-refractivity contribution >= 4 is 23.4 Å². The first kappa shape index (κ1) is 20.7. The Labute approximate surface area is 185 Å². The van der Waals surface area contributed by atoms with Gasteiger partial charge in [-0.1, -0.05) is 54.2 Å². The summed E-state index contributed by atoms with van der Waals surface area (Å²) in [5, 5.41) is 12.0. The number of aryl methyl sites for hydroxylation is 3. The van der Waals surface area contributed by atoms with Gasteiger partial charge in [0.25, 0.3) is 0 Å². The van der Waals surface area contributed by atoms with Gasteiger partial charge in [0.1, 0.15) is 5.82 Å². The average Bonchev–Trinajstić information content (AvgIpc) is 3.15. The van der Waals surface area contributed by atoms with Crippen LogP contribution in [0.25, 0.3) is 17.1 Å². The molecular formula is C23H22N6OS. The molecule has 0 fully saturated rings. The molecule has 1 N–H and O–H groups in total. The van der Waals surface area contributed by atoms with Crippen molar-refractivity contribution in [2.24, 2.45) is 0 Å². The summed E-state index contributed by atoms with van der Waals surface area (Å²) in [6.07, 6.45) is 3.22. The highest BCUT2D eigenvalue weighted by atomic mass is 32.2. The van der Waals surface area contributed by atoms with Gasteiger partial charge < -0.3 is 5.32 Å². The number of nitrogens with one attached hydrogen (secondary N) is 1. The number of amides is 1. The summed E-state index contributed by atoms with van der Waals surface area (Å²) in [6.45, 7) is 6.01. The standard InChI is InChI=1S/C23H22N6OS/c1-15-9-10-16(2)20(11-15)29-17(3)27-28-23(29)31-14-21(30)26-19-12-24-22(25-13-19)18-7-5-4-6-8-18/h4-13H,14H2,1-3H3,(H,26,30). The number of hydrogen-bond donors (Lipinski definition) is 1. The van der Waals surface area contributed by atoms with Crippen molar-refractivity contribution in [2.75, 3.05) is 11.1 Å². The van der Waals surface area contributed by atoms with E-state index >= 15 is 0 Å². The first-order chi connectivity index (χ1) is 15.0. The first-order valence-electron chi connectivity index (χ1n) is 9.81. The normalized spacial score (nSPS) is 10.8. The predicted molar refractivity (Wildman–Crippen MR) is 122 cm³/mol. The summed E-state index contributed by atoms with van der Waals surface area (Å²) in [4.78, 5) is 21.1. The van der Waals surface area contributed by atoms with Crippen LogP contribution in [-0.2, 0) is 4.79 Å². The van der Waals surface area contributed by atoms with Gasteiger partial charge in [0.2, 0.25) is 5.91 Å². The van der Waals surface area contributed by atoms with Crippen LogP contribution < -0.4 is 5.32 Å². The van der Waals surface area contributed by atoms with E-state index in [1.54, 1.807) is 12.4 Å². The van der Waals surface area contributed by atoms with Crippen molar-refractivity contribution in [2.45, 2.75) is 25.9 Å². The number of carbonyl (C=O) groups is 1. The van der Waals surface area contributed by atoms with Crippen LogP contribution in [0.15, 0.2) is 66.1 Å². The van der Waals surface area contributed by atoms with Gasteiger partial charge in [0.15, 0.2) is 11.0 Å². The predicted octanol–water partition coefficient (Wildman–Crippen LogP) is 4.38. The molecule has 0 radical (unpaired) electrons. The van der Waals surface area contributed by atoms with Gasteiger partial charge in [0.05, 0.1) is 29.5 Å².